The molecule has 1 aliphatic carbocycles. The van der Waals surface area contributed by atoms with Gasteiger partial charge in [-0.05, 0) is 75.9 Å². The third-order valence-electron chi connectivity index (χ3n) is 9.24. The van der Waals surface area contributed by atoms with Crippen molar-refractivity contribution in [3.05, 3.63) is 66.0 Å². The Kier molecular flexibility index (Phi) is 9.23. The summed E-state index contributed by atoms with van der Waals surface area (Å²) in [6, 6.07) is 12.5. The SMILES string of the molecule is Cc1nn(C)cc1[C@H](C(=O)NC1CCCCC1)N(C(=O)Cn1nnc2ccccc21)c1ccc(S(=O)(=O)N2CCCC[C@H]2C)cc1. The molecule has 0 bridgehead atoms. The second-order valence-electron chi connectivity index (χ2n) is 12.5. The number of aryl methyl sites for hydroxylation is 2. The van der Waals surface area contributed by atoms with Crippen LogP contribution in [0, 0.1) is 6.92 Å². The first-order chi connectivity index (χ1) is 22.1. The molecular formula is C33H42N8O4S. The molecule has 2 atom stereocenters. The number of benzene rings is 2. The Morgan fingerprint density at radius 1 is 1.00 bits per heavy atom. The molecule has 0 radical (unpaired) electrons. The van der Waals surface area contributed by atoms with E-state index in [2.05, 4.69) is 20.7 Å². The Hall–Kier alpha value is -4.10. The molecule has 12 nitrogen and oxygen atoms in total. The van der Waals surface area contributed by atoms with Crippen molar-refractivity contribution in [3.8, 4) is 0 Å². The zero-order valence-electron chi connectivity index (χ0n) is 26.7. The van der Waals surface area contributed by atoms with Crippen LogP contribution in [-0.2, 0) is 33.2 Å². The summed E-state index contributed by atoms with van der Waals surface area (Å²) in [6.45, 7) is 4.05. The highest BCUT2D eigenvalue weighted by Crippen LogP contribution is 2.33. The molecule has 4 aromatic rings. The number of carbonyl (C=O) groups is 2. The van der Waals surface area contributed by atoms with Crippen molar-refractivity contribution >= 4 is 38.6 Å². The minimum atomic E-state index is -3.74. The van der Waals surface area contributed by atoms with E-state index in [1.54, 1.807) is 34.4 Å². The largest absolute Gasteiger partial charge is 0.351 e. The van der Waals surface area contributed by atoms with Gasteiger partial charge in [0.25, 0.3) is 0 Å². The molecule has 1 saturated carbocycles. The fraction of sp³-hybridized carbons (Fsp3) is 0.485. The molecule has 2 fully saturated rings. The molecule has 2 aromatic heterocycles. The highest BCUT2D eigenvalue weighted by Gasteiger charge is 2.37. The third kappa shape index (κ3) is 6.43. The second kappa shape index (κ2) is 13.3. The predicted molar refractivity (Wildman–Crippen MR) is 174 cm³/mol. The number of carbonyl (C=O) groups excluding carboxylic acids is 2. The number of rotatable bonds is 9. The van der Waals surface area contributed by atoms with Crippen LogP contribution in [-0.4, -0.2) is 67.9 Å². The molecule has 2 aromatic carbocycles. The number of aromatic nitrogens is 5. The van der Waals surface area contributed by atoms with Crippen molar-refractivity contribution in [1.29, 1.82) is 0 Å². The summed E-state index contributed by atoms with van der Waals surface area (Å²) in [5.74, 6) is -0.707. The average Bonchev–Trinajstić information content (AvgIpc) is 3.61. The number of sulfonamides is 1. The van der Waals surface area contributed by atoms with Gasteiger partial charge in [0.2, 0.25) is 21.8 Å². The minimum absolute atomic E-state index is 0.0102. The number of hydrogen-bond acceptors (Lipinski definition) is 7. The van der Waals surface area contributed by atoms with E-state index in [9.17, 15) is 18.0 Å². The van der Waals surface area contributed by atoms with Gasteiger partial charge in [0.05, 0.1) is 16.1 Å². The second-order valence-corrected chi connectivity index (χ2v) is 14.4. The molecule has 0 unspecified atom stereocenters. The lowest BCUT2D eigenvalue weighted by atomic mass is 9.94. The summed E-state index contributed by atoms with van der Waals surface area (Å²) in [4.78, 5) is 30.4. The first-order valence-corrected chi connectivity index (χ1v) is 17.6. The Bertz CT molecular complexity index is 1810. The van der Waals surface area contributed by atoms with Crippen LogP contribution in [0.25, 0.3) is 11.0 Å². The molecule has 6 rings (SSSR count). The summed E-state index contributed by atoms with van der Waals surface area (Å²) in [5, 5.41) is 16.2. The van der Waals surface area contributed by atoms with Crippen molar-refractivity contribution in [1.82, 2.24) is 34.4 Å². The number of nitrogens with zero attached hydrogens (tertiary/aromatic N) is 7. The monoisotopic (exact) mass is 646 g/mol. The van der Waals surface area contributed by atoms with Crippen LogP contribution in [0.1, 0.15) is 75.6 Å². The first kappa shape index (κ1) is 31.9. The van der Waals surface area contributed by atoms with Gasteiger partial charge in [-0.25, -0.2) is 13.1 Å². The number of hydrogen-bond donors (Lipinski definition) is 1. The quantitative estimate of drug-likeness (QED) is 0.287. The summed E-state index contributed by atoms with van der Waals surface area (Å²) in [5.41, 5.74) is 2.94. The Labute approximate surface area is 269 Å². The van der Waals surface area contributed by atoms with Gasteiger partial charge in [-0.2, -0.15) is 9.40 Å². The standard InChI is InChI=1S/C33H42N8O4S/c1-23-11-9-10-20-40(23)46(44,45)27-18-16-26(17-19-27)41(31(42)22-39-30-15-8-7-14-29(30)35-37-39)32(28-21-38(3)36-24(28)2)33(43)34-25-12-5-4-6-13-25/h7-8,14-19,21,23,25,32H,4-6,9-13,20,22H2,1-3H3,(H,34,43)/t23-,32-/m1/s1. The van der Waals surface area contributed by atoms with Gasteiger partial charge in [0.15, 0.2) is 0 Å². The molecule has 0 spiro atoms. The molecule has 46 heavy (non-hydrogen) atoms. The zero-order valence-corrected chi connectivity index (χ0v) is 27.5. The molecule has 1 N–H and O–H groups in total. The van der Waals surface area contributed by atoms with Crippen LogP contribution >= 0.6 is 0 Å². The molecule has 13 heteroatoms. The lowest BCUT2D eigenvalue weighted by molar-refractivity contribution is -0.127. The van der Waals surface area contributed by atoms with Crippen molar-refractivity contribution < 1.29 is 18.0 Å². The average molecular weight is 647 g/mol. The molecule has 3 heterocycles. The maximum absolute atomic E-state index is 14.5. The van der Waals surface area contributed by atoms with Crippen LogP contribution in [0.2, 0.25) is 0 Å². The van der Waals surface area contributed by atoms with Crippen molar-refractivity contribution in [2.24, 2.45) is 7.05 Å². The van der Waals surface area contributed by atoms with E-state index in [1.165, 1.54) is 21.7 Å². The van der Waals surface area contributed by atoms with E-state index in [0.717, 1.165) is 51.4 Å². The van der Waals surface area contributed by atoms with E-state index in [1.807, 2.05) is 38.1 Å². The van der Waals surface area contributed by atoms with Gasteiger partial charge >= 0.3 is 0 Å². The van der Waals surface area contributed by atoms with Gasteiger partial charge in [-0.15, -0.1) is 5.10 Å². The highest BCUT2D eigenvalue weighted by atomic mass is 32.2. The summed E-state index contributed by atoms with van der Waals surface area (Å²) in [7, 11) is -1.96. The number of anilines is 1. The predicted octanol–water partition coefficient (Wildman–Crippen LogP) is 4.26. The fourth-order valence-corrected chi connectivity index (χ4v) is 8.53. The van der Waals surface area contributed by atoms with Crippen molar-refractivity contribution in [3.63, 3.8) is 0 Å². The van der Waals surface area contributed by atoms with E-state index < -0.39 is 22.0 Å². The van der Waals surface area contributed by atoms with E-state index in [4.69, 9.17) is 0 Å². The minimum Gasteiger partial charge on any atom is -0.351 e. The lowest BCUT2D eigenvalue weighted by Crippen LogP contribution is -2.48. The van der Waals surface area contributed by atoms with Crippen molar-refractivity contribution in [2.45, 2.75) is 94.8 Å². The Balaban J connectivity index is 1.41. The summed E-state index contributed by atoms with van der Waals surface area (Å²) >= 11 is 0. The number of fused-ring (bicyclic) bond motifs is 1. The molecule has 2 amide bonds. The normalized spacial score (nSPS) is 18.8. The molecule has 1 saturated heterocycles. The molecule has 244 valence electrons. The Morgan fingerprint density at radius 2 is 1.72 bits per heavy atom. The van der Waals surface area contributed by atoms with Crippen LogP contribution in [0.4, 0.5) is 5.69 Å². The number of nitrogens with one attached hydrogen (secondary N) is 1. The smallest absolute Gasteiger partial charge is 0.249 e. The van der Waals surface area contributed by atoms with Gasteiger partial charge in [-0.3, -0.25) is 19.2 Å². The number of piperidine rings is 1. The van der Waals surface area contributed by atoms with Gasteiger partial charge in [0.1, 0.15) is 18.1 Å². The maximum atomic E-state index is 14.5. The van der Waals surface area contributed by atoms with Crippen molar-refractivity contribution in [2.75, 3.05) is 11.4 Å². The fourth-order valence-electron chi connectivity index (χ4n) is 6.83. The molecular weight excluding hydrogens is 604 g/mol. The maximum Gasteiger partial charge on any atom is 0.249 e. The van der Waals surface area contributed by atoms with E-state index >= 15 is 0 Å². The lowest BCUT2D eigenvalue weighted by Gasteiger charge is -2.34. The van der Waals surface area contributed by atoms with Crippen LogP contribution < -0.4 is 10.2 Å². The summed E-state index contributed by atoms with van der Waals surface area (Å²) in [6.07, 6.45) is 9.38. The van der Waals surface area contributed by atoms with E-state index in [0.29, 0.717) is 34.5 Å². The van der Waals surface area contributed by atoms with Gasteiger partial charge in [-0.1, -0.05) is 43.0 Å². The van der Waals surface area contributed by atoms with Crippen LogP contribution in [0.15, 0.2) is 59.6 Å². The van der Waals surface area contributed by atoms with Gasteiger partial charge < -0.3 is 5.32 Å². The Morgan fingerprint density at radius 3 is 2.41 bits per heavy atom. The molecule has 2 aliphatic rings. The van der Waals surface area contributed by atoms with Gasteiger partial charge in [0, 0.05) is 43.1 Å². The van der Waals surface area contributed by atoms with Crippen LogP contribution in [0.3, 0.4) is 0 Å². The topological polar surface area (TPSA) is 135 Å². The summed E-state index contributed by atoms with van der Waals surface area (Å²) < 4.78 is 32.0. The third-order valence-corrected chi connectivity index (χ3v) is 11.3. The van der Waals surface area contributed by atoms with E-state index in [-0.39, 0.29) is 29.4 Å². The van der Waals surface area contributed by atoms with Crippen LogP contribution in [0.5, 0.6) is 0 Å². The number of para-hydroxylation sites is 1. The highest BCUT2D eigenvalue weighted by molar-refractivity contribution is 7.89. The number of amides is 2. The first-order valence-electron chi connectivity index (χ1n) is 16.2. The molecule has 1 aliphatic heterocycles. The zero-order chi connectivity index (χ0) is 32.4.